The molecule has 14 heavy (non-hydrogen) atoms. The molecule has 0 saturated heterocycles. The number of hydrogen-bond acceptors (Lipinski definition) is 3. The van der Waals surface area contributed by atoms with Crippen molar-refractivity contribution in [3.05, 3.63) is 18.2 Å². The number of nitrogens with zero attached hydrogens (tertiary/aromatic N) is 2. The molecule has 1 aromatic rings. The third-order valence-electron chi connectivity index (χ3n) is 2.40. The number of aryl methyl sites for hydroxylation is 1. The molecule has 1 unspecified atom stereocenters. The minimum atomic E-state index is -0.845. The molecule has 0 amide bonds. The Morgan fingerprint density at radius 1 is 1.64 bits per heavy atom. The summed E-state index contributed by atoms with van der Waals surface area (Å²) in [6.45, 7) is 5.47. The van der Waals surface area contributed by atoms with E-state index in [1.807, 2.05) is 24.7 Å². The Labute approximate surface area is 85.0 Å². The molecule has 4 nitrogen and oxygen atoms in total. The Kier molecular flexibility index (Phi) is 3.66. The lowest BCUT2D eigenvalue weighted by molar-refractivity contribution is 0.0358. The predicted octanol–water partition coefficient (Wildman–Crippen LogP) is 0.720. The highest BCUT2D eigenvalue weighted by molar-refractivity contribution is 5.03. The second-order valence-corrected chi connectivity index (χ2v) is 3.66. The first-order valence-corrected chi connectivity index (χ1v) is 5.00. The lowest BCUT2D eigenvalue weighted by atomic mass is 10.0. The maximum Gasteiger partial charge on any atom is 0.140 e. The van der Waals surface area contributed by atoms with Gasteiger partial charge in [0.2, 0.25) is 0 Å². The highest BCUT2D eigenvalue weighted by atomic mass is 16.3. The average molecular weight is 197 g/mol. The van der Waals surface area contributed by atoms with E-state index < -0.39 is 5.60 Å². The van der Waals surface area contributed by atoms with Crippen LogP contribution in [0.15, 0.2) is 12.4 Å². The fourth-order valence-electron chi connectivity index (χ4n) is 1.51. The molecule has 0 bridgehead atoms. The Morgan fingerprint density at radius 3 is 2.93 bits per heavy atom. The molecule has 0 saturated carbocycles. The van der Waals surface area contributed by atoms with Crippen LogP contribution in [0.4, 0.5) is 0 Å². The van der Waals surface area contributed by atoms with E-state index in [0.29, 0.717) is 6.42 Å². The summed E-state index contributed by atoms with van der Waals surface area (Å²) in [4.78, 5) is 4.20. The van der Waals surface area contributed by atoms with Crippen molar-refractivity contribution in [3.8, 4) is 0 Å². The molecule has 4 heteroatoms. The van der Waals surface area contributed by atoms with Crippen LogP contribution in [0.25, 0.3) is 0 Å². The van der Waals surface area contributed by atoms with Gasteiger partial charge in [-0.1, -0.05) is 0 Å². The van der Waals surface area contributed by atoms with Gasteiger partial charge in [-0.25, -0.2) is 4.98 Å². The molecular formula is C10H19N3O. The van der Waals surface area contributed by atoms with Crippen molar-refractivity contribution in [2.24, 2.45) is 0 Å². The topological polar surface area (TPSA) is 50.1 Å². The first-order chi connectivity index (χ1) is 6.61. The number of nitrogens with one attached hydrogen (secondary N) is 1. The van der Waals surface area contributed by atoms with Crippen LogP contribution in [-0.4, -0.2) is 28.3 Å². The lowest BCUT2D eigenvalue weighted by Crippen LogP contribution is -2.29. The molecule has 80 valence electrons. The van der Waals surface area contributed by atoms with Crippen LogP contribution >= 0.6 is 0 Å². The minimum Gasteiger partial charge on any atom is -0.382 e. The molecule has 1 rings (SSSR count). The van der Waals surface area contributed by atoms with Crippen molar-refractivity contribution < 1.29 is 5.11 Å². The van der Waals surface area contributed by atoms with E-state index in [4.69, 9.17) is 0 Å². The van der Waals surface area contributed by atoms with Crippen LogP contribution in [0.5, 0.6) is 0 Å². The van der Waals surface area contributed by atoms with Crippen molar-refractivity contribution in [1.82, 2.24) is 14.9 Å². The summed E-state index contributed by atoms with van der Waals surface area (Å²) in [6.07, 6.45) is 4.29. The van der Waals surface area contributed by atoms with Gasteiger partial charge >= 0.3 is 0 Å². The molecule has 0 spiro atoms. The van der Waals surface area contributed by atoms with E-state index in [-0.39, 0.29) is 0 Å². The highest BCUT2D eigenvalue weighted by Crippen LogP contribution is 2.22. The second kappa shape index (κ2) is 4.57. The molecule has 0 aliphatic rings. The minimum absolute atomic E-state index is 0.667. The van der Waals surface area contributed by atoms with Gasteiger partial charge in [-0.3, -0.25) is 0 Å². The zero-order valence-corrected chi connectivity index (χ0v) is 9.12. The molecule has 2 N–H and O–H groups in total. The zero-order chi connectivity index (χ0) is 10.6. The molecule has 0 aliphatic carbocycles. The lowest BCUT2D eigenvalue weighted by Gasteiger charge is -2.23. The fourth-order valence-corrected chi connectivity index (χ4v) is 1.51. The Morgan fingerprint density at radius 2 is 2.36 bits per heavy atom. The third-order valence-corrected chi connectivity index (χ3v) is 2.40. The molecule has 1 aromatic heterocycles. The van der Waals surface area contributed by atoms with Gasteiger partial charge in [-0.05, 0) is 33.9 Å². The number of rotatable bonds is 5. The second-order valence-electron chi connectivity index (χ2n) is 3.66. The number of hydrogen-bond donors (Lipinski definition) is 2. The molecule has 0 fully saturated rings. The maximum absolute atomic E-state index is 10.2. The van der Waals surface area contributed by atoms with Crippen LogP contribution in [0.1, 0.15) is 26.1 Å². The van der Waals surface area contributed by atoms with E-state index in [1.165, 1.54) is 0 Å². The standard InChI is InChI=1S/C10H19N3O/c1-4-13-8-7-12-9(13)10(2,14)5-6-11-3/h7-8,11,14H,4-6H2,1-3H3. The SMILES string of the molecule is CCn1ccnc1C(C)(O)CCNC. The summed E-state index contributed by atoms with van der Waals surface area (Å²) in [5.41, 5.74) is -0.845. The average Bonchev–Trinajstić information content (AvgIpc) is 2.63. The van der Waals surface area contributed by atoms with E-state index in [9.17, 15) is 5.11 Å². The van der Waals surface area contributed by atoms with Crippen molar-refractivity contribution in [2.75, 3.05) is 13.6 Å². The van der Waals surface area contributed by atoms with Gasteiger partial charge in [0.1, 0.15) is 11.4 Å². The number of aromatic nitrogens is 2. The molecular weight excluding hydrogens is 178 g/mol. The largest absolute Gasteiger partial charge is 0.382 e. The summed E-state index contributed by atoms with van der Waals surface area (Å²) in [7, 11) is 1.88. The van der Waals surface area contributed by atoms with E-state index >= 15 is 0 Å². The van der Waals surface area contributed by atoms with Crippen molar-refractivity contribution in [2.45, 2.75) is 32.4 Å². The first-order valence-electron chi connectivity index (χ1n) is 5.00. The normalized spacial score (nSPS) is 15.4. The predicted molar refractivity (Wildman–Crippen MR) is 56.0 cm³/mol. The van der Waals surface area contributed by atoms with Crippen LogP contribution in [0, 0.1) is 0 Å². The van der Waals surface area contributed by atoms with Gasteiger partial charge in [0, 0.05) is 18.9 Å². The van der Waals surface area contributed by atoms with Gasteiger partial charge in [0.15, 0.2) is 0 Å². The van der Waals surface area contributed by atoms with Crippen LogP contribution in [0.2, 0.25) is 0 Å². The Balaban J connectivity index is 2.79. The molecule has 0 aromatic carbocycles. The summed E-state index contributed by atoms with van der Waals surface area (Å²) in [6, 6.07) is 0. The summed E-state index contributed by atoms with van der Waals surface area (Å²) < 4.78 is 1.97. The maximum atomic E-state index is 10.2. The van der Waals surface area contributed by atoms with Crippen molar-refractivity contribution >= 4 is 0 Å². The molecule has 1 atom stereocenters. The molecule has 0 radical (unpaired) electrons. The van der Waals surface area contributed by atoms with Crippen LogP contribution < -0.4 is 5.32 Å². The van der Waals surface area contributed by atoms with E-state index in [2.05, 4.69) is 10.3 Å². The van der Waals surface area contributed by atoms with Gasteiger partial charge in [-0.2, -0.15) is 0 Å². The van der Waals surface area contributed by atoms with Gasteiger partial charge in [0.05, 0.1) is 0 Å². The fraction of sp³-hybridized carbons (Fsp3) is 0.700. The highest BCUT2D eigenvalue weighted by Gasteiger charge is 2.26. The smallest absolute Gasteiger partial charge is 0.140 e. The van der Waals surface area contributed by atoms with Gasteiger partial charge in [-0.15, -0.1) is 0 Å². The third kappa shape index (κ3) is 2.33. The van der Waals surface area contributed by atoms with Crippen LogP contribution in [-0.2, 0) is 12.1 Å². The zero-order valence-electron chi connectivity index (χ0n) is 9.12. The Bertz CT molecular complexity index is 281. The van der Waals surface area contributed by atoms with E-state index in [1.54, 1.807) is 13.1 Å². The monoisotopic (exact) mass is 197 g/mol. The van der Waals surface area contributed by atoms with Gasteiger partial charge in [0.25, 0.3) is 0 Å². The molecule has 0 aliphatic heterocycles. The quantitative estimate of drug-likeness (QED) is 0.731. The van der Waals surface area contributed by atoms with Crippen molar-refractivity contribution in [1.29, 1.82) is 0 Å². The van der Waals surface area contributed by atoms with Crippen LogP contribution in [0.3, 0.4) is 0 Å². The summed E-state index contributed by atoms with van der Waals surface area (Å²) >= 11 is 0. The number of aliphatic hydroxyl groups is 1. The Hall–Kier alpha value is -0.870. The molecule has 1 heterocycles. The van der Waals surface area contributed by atoms with Gasteiger partial charge < -0.3 is 15.0 Å². The first kappa shape index (κ1) is 11.2. The van der Waals surface area contributed by atoms with E-state index in [0.717, 1.165) is 18.9 Å². The summed E-state index contributed by atoms with van der Waals surface area (Å²) in [5, 5.41) is 13.2. The summed E-state index contributed by atoms with van der Waals surface area (Å²) in [5.74, 6) is 0.746. The number of imidazole rings is 1. The van der Waals surface area contributed by atoms with Crippen molar-refractivity contribution in [3.63, 3.8) is 0 Å².